The Labute approximate surface area is 112 Å². The minimum absolute atomic E-state index is 0.437. The van der Waals surface area contributed by atoms with Gasteiger partial charge in [-0.2, -0.15) is 0 Å². The van der Waals surface area contributed by atoms with E-state index in [4.69, 9.17) is 27.9 Å². The Kier molecular flexibility index (Phi) is 4.69. The fraction of sp³-hybridized carbons (Fsp3) is 0.538. The van der Waals surface area contributed by atoms with Crippen LogP contribution in [0, 0.1) is 0 Å². The fourth-order valence-electron chi connectivity index (χ4n) is 2.04. The molecule has 1 fully saturated rings. The lowest BCUT2D eigenvalue weighted by molar-refractivity contribution is -0.0102. The van der Waals surface area contributed by atoms with Crippen LogP contribution < -0.4 is 5.32 Å². The van der Waals surface area contributed by atoms with Gasteiger partial charge in [0, 0.05) is 19.2 Å². The summed E-state index contributed by atoms with van der Waals surface area (Å²) in [6.45, 7) is 3.60. The Morgan fingerprint density at radius 1 is 1.35 bits per heavy atom. The Hall–Kier alpha value is -0.280. The zero-order valence-electron chi connectivity index (χ0n) is 9.88. The van der Waals surface area contributed by atoms with Crippen molar-refractivity contribution in [3.63, 3.8) is 0 Å². The van der Waals surface area contributed by atoms with Crippen molar-refractivity contribution in [3.8, 4) is 0 Å². The summed E-state index contributed by atoms with van der Waals surface area (Å²) < 4.78 is 5.52. The average molecular weight is 274 g/mol. The molecule has 0 aliphatic heterocycles. The van der Waals surface area contributed by atoms with Gasteiger partial charge in [0.25, 0.3) is 0 Å². The van der Waals surface area contributed by atoms with Crippen LogP contribution in [0.3, 0.4) is 0 Å². The van der Waals surface area contributed by atoms with Crippen LogP contribution >= 0.6 is 23.2 Å². The molecule has 0 aromatic heterocycles. The first-order valence-electron chi connectivity index (χ1n) is 5.98. The zero-order valence-corrected chi connectivity index (χ0v) is 11.4. The molecule has 1 aliphatic rings. The van der Waals surface area contributed by atoms with Crippen molar-refractivity contribution in [2.45, 2.75) is 38.5 Å². The monoisotopic (exact) mass is 273 g/mol. The van der Waals surface area contributed by atoms with Crippen molar-refractivity contribution < 1.29 is 4.74 Å². The van der Waals surface area contributed by atoms with Gasteiger partial charge in [0.15, 0.2) is 0 Å². The van der Waals surface area contributed by atoms with E-state index in [2.05, 4.69) is 5.32 Å². The highest BCUT2D eigenvalue weighted by Crippen LogP contribution is 2.27. The Balaban J connectivity index is 1.78. The quantitative estimate of drug-likeness (QED) is 0.884. The number of hydrogen-bond acceptors (Lipinski definition) is 2. The number of rotatable bonds is 5. The number of nitrogens with one attached hydrogen (secondary N) is 1. The highest BCUT2D eigenvalue weighted by atomic mass is 35.5. The normalized spacial score (nSPS) is 23.5. The van der Waals surface area contributed by atoms with Crippen LogP contribution in [0.25, 0.3) is 0 Å². The topological polar surface area (TPSA) is 21.3 Å². The highest BCUT2D eigenvalue weighted by Gasteiger charge is 2.28. The van der Waals surface area contributed by atoms with E-state index in [1.807, 2.05) is 25.1 Å². The molecule has 1 N–H and O–H groups in total. The molecule has 4 heteroatoms. The van der Waals surface area contributed by atoms with Gasteiger partial charge in [0.1, 0.15) is 0 Å². The summed E-state index contributed by atoms with van der Waals surface area (Å²) >= 11 is 12.1. The molecule has 0 heterocycles. The van der Waals surface area contributed by atoms with E-state index in [-0.39, 0.29) is 0 Å². The lowest BCUT2D eigenvalue weighted by atomic mass is 9.89. The standard InChI is InChI=1S/C13H17Cl2NO/c1-2-17-11-6-10(7-11)16-8-9-4-3-5-12(14)13(9)15/h3-5,10-11,16H,2,6-8H2,1H3. The predicted molar refractivity (Wildman–Crippen MR) is 71.7 cm³/mol. The van der Waals surface area contributed by atoms with Gasteiger partial charge in [0.2, 0.25) is 0 Å². The molecule has 0 unspecified atom stereocenters. The Bertz CT molecular complexity index is 378. The van der Waals surface area contributed by atoms with Crippen molar-refractivity contribution in [1.29, 1.82) is 0 Å². The third-order valence-electron chi connectivity index (χ3n) is 3.11. The van der Waals surface area contributed by atoms with Crippen LogP contribution in [-0.2, 0) is 11.3 Å². The maximum absolute atomic E-state index is 6.12. The third-order valence-corrected chi connectivity index (χ3v) is 3.97. The second-order valence-electron chi connectivity index (χ2n) is 4.34. The third kappa shape index (κ3) is 3.35. The number of halogens is 2. The SMILES string of the molecule is CCOC1CC(NCc2cccc(Cl)c2Cl)C1. The first kappa shape index (κ1) is 13.2. The first-order valence-corrected chi connectivity index (χ1v) is 6.74. The molecule has 94 valence electrons. The number of hydrogen-bond donors (Lipinski definition) is 1. The van der Waals surface area contributed by atoms with Crippen molar-refractivity contribution in [2.24, 2.45) is 0 Å². The van der Waals surface area contributed by atoms with Crippen molar-refractivity contribution in [2.75, 3.05) is 6.61 Å². The van der Waals surface area contributed by atoms with Crippen LogP contribution in [0.4, 0.5) is 0 Å². The largest absolute Gasteiger partial charge is 0.378 e. The molecular weight excluding hydrogens is 257 g/mol. The molecule has 1 aromatic carbocycles. The minimum Gasteiger partial charge on any atom is -0.378 e. The summed E-state index contributed by atoms with van der Waals surface area (Å²) in [5.41, 5.74) is 1.05. The second-order valence-corrected chi connectivity index (χ2v) is 5.12. The molecule has 0 saturated heterocycles. The fourth-order valence-corrected chi connectivity index (χ4v) is 2.43. The lowest BCUT2D eigenvalue weighted by Crippen LogP contribution is -2.45. The average Bonchev–Trinajstić information content (AvgIpc) is 2.26. The molecule has 2 rings (SSSR count). The van der Waals surface area contributed by atoms with E-state index in [9.17, 15) is 0 Å². The van der Waals surface area contributed by atoms with Crippen LogP contribution in [0.5, 0.6) is 0 Å². The molecule has 0 radical (unpaired) electrons. The summed E-state index contributed by atoms with van der Waals surface area (Å²) in [6, 6.07) is 6.28. The Morgan fingerprint density at radius 2 is 2.12 bits per heavy atom. The molecule has 2 nitrogen and oxygen atoms in total. The molecular formula is C13H17Cl2NO. The van der Waals surface area contributed by atoms with Crippen LogP contribution in [0.2, 0.25) is 10.0 Å². The van der Waals surface area contributed by atoms with Gasteiger partial charge in [-0.1, -0.05) is 35.3 Å². The summed E-state index contributed by atoms with van der Waals surface area (Å²) in [5, 5.41) is 4.74. The summed E-state index contributed by atoms with van der Waals surface area (Å²) in [5.74, 6) is 0. The Morgan fingerprint density at radius 3 is 2.82 bits per heavy atom. The second kappa shape index (κ2) is 6.05. The van der Waals surface area contributed by atoms with Crippen molar-refractivity contribution in [3.05, 3.63) is 33.8 Å². The summed E-state index contributed by atoms with van der Waals surface area (Å²) in [4.78, 5) is 0. The van der Waals surface area contributed by atoms with Crippen molar-refractivity contribution >= 4 is 23.2 Å². The van der Waals surface area contributed by atoms with Crippen LogP contribution in [-0.4, -0.2) is 18.8 Å². The molecule has 0 atom stereocenters. The molecule has 1 saturated carbocycles. The van der Waals surface area contributed by atoms with Gasteiger partial charge in [-0.05, 0) is 31.4 Å². The van der Waals surface area contributed by atoms with Gasteiger partial charge in [-0.3, -0.25) is 0 Å². The van der Waals surface area contributed by atoms with E-state index in [1.54, 1.807) is 0 Å². The number of benzene rings is 1. The van der Waals surface area contributed by atoms with E-state index < -0.39 is 0 Å². The zero-order chi connectivity index (χ0) is 12.3. The van der Waals surface area contributed by atoms with E-state index >= 15 is 0 Å². The van der Waals surface area contributed by atoms with Gasteiger partial charge in [-0.15, -0.1) is 0 Å². The van der Waals surface area contributed by atoms with E-state index in [1.165, 1.54) is 0 Å². The molecule has 0 spiro atoms. The summed E-state index contributed by atoms with van der Waals surface area (Å²) in [7, 11) is 0. The molecule has 0 bridgehead atoms. The molecule has 1 aromatic rings. The first-order chi connectivity index (χ1) is 8.20. The van der Waals surface area contributed by atoms with Gasteiger partial charge in [-0.25, -0.2) is 0 Å². The van der Waals surface area contributed by atoms with Gasteiger partial charge < -0.3 is 10.1 Å². The van der Waals surface area contributed by atoms with E-state index in [0.717, 1.165) is 31.6 Å². The minimum atomic E-state index is 0.437. The maximum atomic E-state index is 6.12. The smallest absolute Gasteiger partial charge is 0.0637 e. The van der Waals surface area contributed by atoms with Gasteiger partial charge in [0.05, 0.1) is 16.1 Å². The molecule has 1 aliphatic carbocycles. The summed E-state index contributed by atoms with van der Waals surface area (Å²) in [6.07, 6.45) is 2.62. The predicted octanol–water partition coefficient (Wildman–Crippen LogP) is 3.65. The molecule has 0 amide bonds. The van der Waals surface area contributed by atoms with Crippen molar-refractivity contribution in [1.82, 2.24) is 5.32 Å². The molecule has 17 heavy (non-hydrogen) atoms. The van der Waals surface area contributed by atoms with E-state index in [0.29, 0.717) is 22.2 Å². The van der Waals surface area contributed by atoms with Crippen LogP contribution in [0.15, 0.2) is 18.2 Å². The van der Waals surface area contributed by atoms with Crippen LogP contribution in [0.1, 0.15) is 25.3 Å². The number of ether oxygens (including phenoxy) is 1. The maximum Gasteiger partial charge on any atom is 0.0637 e. The lowest BCUT2D eigenvalue weighted by Gasteiger charge is -2.35. The highest BCUT2D eigenvalue weighted by molar-refractivity contribution is 6.42. The van der Waals surface area contributed by atoms with Gasteiger partial charge >= 0.3 is 0 Å².